The van der Waals surface area contributed by atoms with Crippen molar-refractivity contribution in [3.8, 4) is 0 Å². The Kier molecular flexibility index (Phi) is 5.92. The molecule has 0 radical (unpaired) electrons. The van der Waals surface area contributed by atoms with Crippen LogP contribution in [-0.4, -0.2) is 5.11 Å². The summed E-state index contributed by atoms with van der Waals surface area (Å²) < 4.78 is 0. The van der Waals surface area contributed by atoms with Gasteiger partial charge < -0.3 is 5.11 Å². The summed E-state index contributed by atoms with van der Waals surface area (Å²) >= 11 is 0. The van der Waals surface area contributed by atoms with Crippen molar-refractivity contribution >= 4 is 0 Å². The molecule has 0 unspecified atom stereocenters. The van der Waals surface area contributed by atoms with Gasteiger partial charge in [0.1, 0.15) is 0 Å². The van der Waals surface area contributed by atoms with E-state index in [4.69, 9.17) is 5.39 Å². The zero-order valence-corrected chi connectivity index (χ0v) is 10.2. The molecule has 0 aromatic carbocycles. The summed E-state index contributed by atoms with van der Waals surface area (Å²) in [4.78, 5) is 2.83. The summed E-state index contributed by atoms with van der Waals surface area (Å²) in [7, 11) is 0. The van der Waals surface area contributed by atoms with Gasteiger partial charge >= 0.3 is 6.20 Å². The number of hydrogen-bond donors (Lipinski definition) is 1. The van der Waals surface area contributed by atoms with Gasteiger partial charge in [-0.1, -0.05) is 45.4 Å². The molecule has 3 nitrogen and oxygen atoms in total. The fraction of sp³-hybridized carbons (Fsp3) is 0.846. The third-order valence-corrected chi connectivity index (χ3v) is 3.43. The van der Waals surface area contributed by atoms with Crippen LogP contribution in [0, 0.1) is 17.2 Å². The molecule has 0 bridgehead atoms. The van der Waals surface area contributed by atoms with Crippen molar-refractivity contribution in [1.82, 2.24) is 0 Å². The summed E-state index contributed by atoms with van der Waals surface area (Å²) in [5.41, 5.74) is 0. The SMILES string of the molecule is CCCCCCC[C@@H]1C[C@H]1C/C(O)=C\[N+]#N. The first-order valence-corrected chi connectivity index (χ1v) is 6.50. The maximum atomic E-state index is 9.33. The first-order valence-electron chi connectivity index (χ1n) is 6.50. The van der Waals surface area contributed by atoms with Gasteiger partial charge in [0.2, 0.25) is 5.39 Å². The normalized spacial score (nSPS) is 24.1. The van der Waals surface area contributed by atoms with E-state index in [9.17, 15) is 5.11 Å². The van der Waals surface area contributed by atoms with Gasteiger partial charge in [-0.15, -0.1) is 0 Å². The Labute approximate surface area is 98.2 Å². The van der Waals surface area contributed by atoms with Crippen LogP contribution in [0.4, 0.5) is 0 Å². The summed E-state index contributed by atoms with van der Waals surface area (Å²) in [6, 6.07) is 0. The van der Waals surface area contributed by atoms with Gasteiger partial charge in [-0.05, 0) is 18.3 Å². The van der Waals surface area contributed by atoms with Crippen LogP contribution >= 0.6 is 0 Å². The van der Waals surface area contributed by atoms with Gasteiger partial charge in [0.15, 0.2) is 10.7 Å². The quantitative estimate of drug-likeness (QED) is 0.370. The number of nitrogens with zero attached hydrogens (tertiary/aromatic N) is 2. The van der Waals surface area contributed by atoms with E-state index in [-0.39, 0.29) is 5.76 Å². The molecule has 2 atom stereocenters. The van der Waals surface area contributed by atoms with E-state index in [2.05, 4.69) is 11.9 Å². The molecule has 0 heterocycles. The van der Waals surface area contributed by atoms with Crippen molar-refractivity contribution in [3.05, 3.63) is 16.9 Å². The lowest BCUT2D eigenvalue weighted by molar-refractivity contribution is 0.373. The van der Waals surface area contributed by atoms with Gasteiger partial charge in [0.25, 0.3) is 0 Å². The van der Waals surface area contributed by atoms with Crippen molar-refractivity contribution in [2.75, 3.05) is 0 Å². The zero-order valence-electron chi connectivity index (χ0n) is 10.2. The van der Waals surface area contributed by atoms with E-state index in [1.807, 2.05) is 0 Å². The minimum atomic E-state index is 0.209. The zero-order chi connectivity index (χ0) is 11.8. The van der Waals surface area contributed by atoms with Crippen molar-refractivity contribution < 1.29 is 5.11 Å². The van der Waals surface area contributed by atoms with Crippen LogP contribution in [0.5, 0.6) is 0 Å². The van der Waals surface area contributed by atoms with Crippen LogP contribution in [0.25, 0.3) is 4.98 Å². The predicted octanol–water partition coefficient (Wildman–Crippen LogP) is 4.63. The highest BCUT2D eigenvalue weighted by Crippen LogP contribution is 2.46. The van der Waals surface area contributed by atoms with Gasteiger partial charge in [-0.2, -0.15) is 0 Å². The van der Waals surface area contributed by atoms with Crippen molar-refractivity contribution in [2.45, 2.75) is 58.3 Å². The number of unbranched alkanes of at least 4 members (excludes halogenated alkanes) is 4. The van der Waals surface area contributed by atoms with E-state index in [1.165, 1.54) is 44.9 Å². The predicted molar refractivity (Wildman–Crippen MR) is 65.4 cm³/mol. The molecule has 0 aromatic heterocycles. The van der Waals surface area contributed by atoms with Crippen molar-refractivity contribution in [2.24, 2.45) is 11.8 Å². The first kappa shape index (κ1) is 13.0. The summed E-state index contributed by atoms with van der Waals surface area (Å²) in [6.45, 7) is 2.23. The highest BCUT2D eigenvalue weighted by molar-refractivity contribution is 5.01. The van der Waals surface area contributed by atoms with E-state index >= 15 is 0 Å². The van der Waals surface area contributed by atoms with Crippen LogP contribution in [0.3, 0.4) is 0 Å². The highest BCUT2D eigenvalue weighted by Gasteiger charge is 2.37. The molecule has 1 aliphatic rings. The van der Waals surface area contributed by atoms with Crippen molar-refractivity contribution in [3.63, 3.8) is 0 Å². The lowest BCUT2D eigenvalue weighted by atomic mass is 10.1. The second kappa shape index (κ2) is 7.27. The van der Waals surface area contributed by atoms with E-state index in [1.54, 1.807) is 0 Å². The molecule has 3 heteroatoms. The average Bonchev–Trinajstić information content (AvgIpc) is 2.96. The largest absolute Gasteiger partial charge is 0.505 e. The number of aliphatic hydroxyl groups excluding tert-OH is 1. The second-order valence-electron chi connectivity index (χ2n) is 4.90. The van der Waals surface area contributed by atoms with Crippen molar-refractivity contribution in [1.29, 1.82) is 5.39 Å². The van der Waals surface area contributed by atoms with E-state index < -0.39 is 0 Å². The first-order chi connectivity index (χ1) is 7.77. The maximum absolute atomic E-state index is 9.33. The van der Waals surface area contributed by atoms with Crippen LogP contribution in [-0.2, 0) is 0 Å². The summed E-state index contributed by atoms with van der Waals surface area (Å²) in [5, 5.41) is 17.6. The average molecular weight is 223 g/mol. The topological polar surface area (TPSA) is 48.4 Å². The number of allylic oxidation sites excluding steroid dienone is 1. The lowest BCUT2D eigenvalue weighted by Crippen LogP contribution is -1.88. The fourth-order valence-corrected chi connectivity index (χ4v) is 2.31. The van der Waals surface area contributed by atoms with Gasteiger partial charge in [0, 0.05) is 6.42 Å². The van der Waals surface area contributed by atoms with Crippen LogP contribution < -0.4 is 0 Å². The molecule has 0 spiro atoms. The summed E-state index contributed by atoms with van der Waals surface area (Å²) in [6.07, 6.45) is 11.1. The molecule has 1 aliphatic carbocycles. The Morgan fingerprint density at radius 1 is 1.31 bits per heavy atom. The van der Waals surface area contributed by atoms with Crippen LogP contribution in [0.1, 0.15) is 58.3 Å². The van der Waals surface area contributed by atoms with Gasteiger partial charge in [-0.25, -0.2) is 0 Å². The number of rotatable bonds is 8. The number of diazo groups is 1. The van der Waals surface area contributed by atoms with Gasteiger partial charge in [0.05, 0.1) is 0 Å². The van der Waals surface area contributed by atoms with E-state index in [0.717, 1.165) is 12.1 Å². The Hall–Kier alpha value is -1.04. The molecule has 1 saturated carbocycles. The Bertz CT molecular complexity index is 268. The molecule has 0 aliphatic heterocycles. The third kappa shape index (κ3) is 5.16. The Balaban J connectivity index is 1.98. The molecular formula is C13H23N2O+. The molecule has 16 heavy (non-hydrogen) atoms. The standard InChI is InChI=1S/C13H22N2O/c1-2-3-4-5-6-7-11-8-12(11)9-13(16)10-15-14/h10-12H,2-9H2,1H3/p+1/b13-10+/t11-,12+/m1/s1. The second-order valence-corrected chi connectivity index (χ2v) is 4.90. The molecule has 1 fully saturated rings. The molecule has 1 N–H and O–H groups in total. The molecule has 1 rings (SSSR count). The maximum Gasteiger partial charge on any atom is 0.387 e. The number of hydrogen-bond acceptors (Lipinski definition) is 2. The third-order valence-electron chi connectivity index (χ3n) is 3.43. The molecule has 0 saturated heterocycles. The van der Waals surface area contributed by atoms with Gasteiger partial charge in [-0.3, -0.25) is 0 Å². The van der Waals surface area contributed by atoms with E-state index in [0.29, 0.717) is 12.3 Å². The molecular weight excluding hydrogens is 200 g/mol. The smallest absolute Gasteiger partial charge is 0.387 e. The molecule has 90 valence electrons. The van der Waals surface area contributed by atoms with Crippen LogP contribution in [0.2, 0.25) is 0 Å². The monoisotopic (exact) mass is 223 g/mol. The summed E-state index contributed by atoms with van der Waals surface area (Å²) in [5.74, 6) is 1.64. The Morgan fingerprint density at radius 3 is 2.75 bits per heavy atom. The van der Waals surface area contributed by atoms with Crippen LogP contribution in [0.15, 0.2) is 12.0 Å². The minimum absolute atomic E-state index is 0.209. The molecule has 0 amide bonds. The fourth-order valence-electron chi connectivity index (χ4n) is 2.31. The minimum Gasteiger partial charge on any atom is -0.505 e. The highest BCUT2D eigenvalue weighted by atomic mass is 16.3. The Morgan fingerprint density at radius 2 is 2.06 bits per heavy atom. The molecule has 0 aromatic rings. The lowest BCUT2D eigenvalue weighted by Gasteiger charge is -1.99. The number of aliphatic hydroxyl groups is 1.